The number of halogens is 1. The van der Waals surface area contributed by atoms with Gasteiger partial charge in [0.2, 0.25) is 0 Å². The summed E-state index contributed by atoms with van der Waals surface area (Å²) in [5.41, 5.74) is 0.397. The zero-order valence-corrected chi connectivity index (χ0v) is 11.0. The molecule has 3 rings (SSSR count). The highest BCUT2D eigenvalue weighted by Crippen LogP contribution is 2.31. The molecule has 0 spiro atoms. The molecular weight excluding hydrogens is 277 g/mol. The number of aryl methyl sites for hydroxylation is 1. The topological polar surface area (TPSA) is 80.9 Å². The molecule has 1 aromatic carbocycles. The van der Waals surface area contributed by atoms with Gasteiger partial charge < -0.3 is 9.55 Å². The van der Waals surface area contributed by atoms with Crippen molar-refractivity contribution < 1.29 is 9.31 Å². The molecular formula is C14H10FN3O3. The first-order chi connectivity index (χ1) is 9.99. The molecule has 7 heteroatoms. The number of pyridine rings is 1. The normalized spacial score (nSPS) is 11.0. The van der Waals surface area contributed by atoms with Gasteiger partial charge in [0.05, 0.1) is 4.92 Å². The first-order valence-corrected chi connectivity index (χ1v) is 6.10. The number of nitro benzene ring substituents is 1. The van der Waals surface area contributed by atoms with Crippen molar-refractivity contribution >= 4 is 16.6 Å². The van der Waals surface area contributed by atoms with Crippen LogP contribution >= 0.6 is 0 Å². The fourth-order valence-corrected chi connectivity index (χ4v) is 2.32. The van der Waals surface area contributed by atoms with Gasteiger partial charge in [-0.25, -0.2) is 4.39 Å². The van der Waals surface area contributed by atoms with E-state index in [0.29, 0.717) is 16.5 Å². The minimum atomic E-state index is -0.584. The lowest BCUT2D eigenvalue weighted by Gasteiger charge is -2.08. The van der Waals surface area contributed by atoms with Crippen molar-refractivity contribution in [3.63, 3.8) is 0 Å². The van der Waals surface area contributed by atoms with Gasteiger partial charge in [-0.2, -0.15) is 0 Å². The maximum atomic E-state index is 14.1. The molecule has 0 aliphatic rings. The van der Waals surface area contributed by atoms with Crippen LogP contribution in [0.5, 0.6) is 0 Å². The monoisotopic (exact) mass is 287 g/mol. The molecule has 2 aromatic heterocycles. The van der Waals surface area contributed by atoms with Crippen molar-refractivity contribution in [1.82, 2.24) is 9.55 Å². The van der Waals surface area contributed by atoms with E-state index in [-0.39, 0.29) is 16.8 Å². The maximum absolute atomic E-state index is 14.1. The summed E-state index contributed by atoms with van der Waals surface area (Å²) in [5.74, 6) is -0.582. The Kier molecular flexibility index (Phi) is 2.83. The van der Waals surface area contributed by atoms with Gasteiger partial charge in [-0.1, -0.05) is 0 Å². The quantitative estimate of drug-likeness (QED) is 0.581. The van der Waals surface area contributed by atoms with Crippen LogP contribution in [-0.4, -0.2) is 14.5 Å². The summed E-state index contributed by atoms with van der Waals surface area (Å²) in [6.07, 6.45) is 3.05. The Balaban J connectivity index is 2.38. The van der Waals surface area contributed by atoms with Crippen molar-refractivity contribution in [1.29, 1.82) is 0 Å². The Morgan fingerprint density at radius 3 is 2.76 bits per heavy atom. The van der Waals surface area contributed by atoms with E-state index in [1.54, 1.807) is 19.3 Å². The van der Waals surface area contributed by atoms with Gasteiger partial charge in [0, 0.05) is 48.1 Å². The van der Waals surface area contributed by atoms with E-state index in [4.69, 9.17) is 0 Å². The van der Waals surface area contributed by atoms with Crippen LogP contribution in [0.2, 0.25) is 0 Å². The summed E-state index contributed by atoms with van der Waals surface area (Å²) in [5, 5.41) is 11.4. The second-order valence-electron chi connectivity index (χ2n) is 4.65. The molecule has 0 radical (unpaired) electrons. The minimum Gasteiger partial charge on any atom is -0.357 e. The first-order valence-electron chi connectivity index (χ1n) is 6.10. The number of benzene rings is 1. The number of aromatic amines is 1. The van der Waals surface area contributed by atoms with Gasteiger partial charge >= 0.3 is 0 Å². The molecule has 1 N–H and O–H groups in total. The zero-order chi connectivity index (χ0) is 15.1. The van der Waals surface area contributed by atoms with Crippen LogP contribution in [0, 0.1) is 15.9 Å². The molecule has 0 saturated carbocycles. The average molecular weight is 287 g/mol. The lowest BCUT2D eigenvalue weighted by molar-refractivity contribution is -0.384. The highest BCUT2D eigenvalue weighted by Gasteiger charge is 2.16. The summed E-state index contributed by atoms with van der Waals surface area (Å²) >= 11 is 0. The third kappa shape index (κ3) is 1.99. The molecule has 106 valence electrons. The number of nitrogens with one attached hydrogen (secondary N) is 1. The van der Waals surface area contributed by atoms with Gasteiger partial charge in [0.1, 0.15) is 11.3 Å². The summed E-state index contributed by atoms with van der Waals surface area (Å²) < 4.78 is 15.4. The summed E-state index contributed by atoms with van der Waals surface area (Å²) in [4.78, 5) is 25.0. The third-order valence-electron chi connectivity index (χ3n) is 3.35. The van der Waals surface area contributed by atoms with Gasteiger partial charge in [-0.05, 0) is 12.1 Å². The second-order valence-corrected chi connectivity index (χ2v) is 4.65. The Bertz CT molecular complexity index is 927. The standard InChI is InChI=1S/C14H10FN3O3/c1-17-7-11(9-4-5-16-13(9)14(17)19)10-6-8(18(20)21)2-3-12(10)15/h2-7,16H,1H3. The number of nitro groups is 1. The van der Waals surface area contributed by atoms with Crippen LogP contribution in [0.1, 0.15) is 0 Å². The predicted octanol–water partition coefficient (Wildman–Crippen LogP) is 2.58. The van der Waals surface area contributed by atoms with Gasteiger partial charge in [-0.15, -0.1) is 0 Å². The van der Waals surface area contributed by atoms with E-state index in [2.05, 4.69) is 4.98 Å². The maximum Gasteiger partial charge on any atom is 0.274 e. The molecule has 0 unspecified atom stereocenters. The van der Waals surface area contributed by atoms with Crippen LogP contribution in [0.4, 0.5) is 10.1 Å². The van der Waals surface area contributed by atoms with Crippen LogP contribution in [0.3, 0.4) is 0 Å². The van der Waals surface area contributed by atoms with Crippen molar-refractivity contribution in [3.05, 3.63) is 62.9 Å². The Morgan fingerprint density at radius 2 is 2.05 bits per heavy atom. The lowest BCUT2D eigenvalue weighted by atomic mass is 10.0. The predicted molar refractivity (Wildman–Crippen MR) is 75.6 cm³/mol. The highest BCUT2D eigenvalue weighted by molar-refractivity contribution is 5.94. The molecule has 0 aliphatic carbocycles. The Labute approximate surface area is 117 Å². The zero-order valence-electron chi connectivity index (χ0n) is 11.0. The number of fused-ring (bicyclic) bond motifs is 1. The highest BCUT2D eigenvalue weighted by atomic mass is 19.1. The first kappa shape index (κ1) is 13.0. The van der Waals surface area contributed by atoms with Gasteiger partial charge in [0.15, 0.2) is 0 Å². The van der Waals surface area contributed by atoms with Crippen LogP contribution in [-0.2, 0) is 7.05 Å². The Morgan fingerprint density at radius 1 is 1.29 bits per heavy atom. The summed E-state index contributed by atoms with van der Waals surface area (Å²) in [6, 6.07) is 4.97. The molecule has 21 heavy (non-hydrogen) atoms. The number of rotatable bonds is 2. The number of nitrogens with zero attached hydrogens (tertiary/aromatic N) is 2. The van der Waals surface area contributed by atoms with Crippen molar-refractivity contribution in [3.8, 4) is 11.1 Å². The number of H-pyrrole nitrogens is 1. The van der Waals surface area contributed by atoms with Crippen molar-refractivity contribution in [2.24, 2.45) is 7.05 Å². The molecule has 0 fully saturated rings. The van der Waals surface area contributed by atoms with Crippen LogP contribution < -0.4 is 5.56 Å². The van der Waals surface area contributed by atoms with Crippen molar-refractivity contribution in [2.45, 2.75) is 0 Å². The molecule has 0 atom stereocenters. The van der Waals surface area contributed by atoms with E-state index in [1.807, 2.05) is 0 Å². The van der Waals surface area contributed by atoms with Crippen molar-refractivity contribution in [2.75, 3.05) is 0 Å². The largest absolute Gasteiger partial charge is 0.357 e. The SMILES string of the molecule is Cn1cc(-c2cc([N+](=O)[O-])ccc2F)c2cc[nH]c2c1=O. The molecule has 3 aromatic rings. The van der Waals surface area contributed by atoms with E-state index in [1.165, 1.54) is 16.8 Å². The fraction of sp³-hybridized carbons (Fsp3) is 0.0714. The fourth-order valence-electron chi connectivity index (χ4n) is 2.32. The van der Waals surface area contributed by atoms with E-state index in [9.17, 15) is 19.3 Å². The van der Waals surface area contributed by atoms with E-state index in [0.717, 1.165) is 12.1 Å². The van der Waals surface area contributed by atoms with Crippen LogP contribution in [0.15, 0.2) is 41.5 Å². The molecule has 0 amide bonds. The van der Waals surface area contributed by atoms with Gasteiger partial charge in [0.25, 0.3) is 11.2 Å². The summed E-state index contributed by atoms with van der Waals surface area (Å²) in [7, 11) is 1.54. The smallest absolute Gasteiger partial charge is 0.274 e. The number of hydrogen-bond donors (Lipinski definition) is 1. The molecule has 6 nitrogen and oxygen atoms in total. The molecule has 0 saturated heterocycles. The van der Waals surface area contributed by atoms with E-state index < -0.39 is 10.7 Å². The van der Waals surface area contributed by atoms with E-state index >= 15 is 0 Å². The lowest BCUT2D eigenvalue weighted by Crippen LogP contribution is -2.16. The number of aromatic nitrogens is 2. The van der Waals surface area contributed by atoms with Gasteiger partial charge in [-0.3, -0.25) is 14.9 Å². The molecule has 0 aliphatic heterocycles. The number of non-ortho nitro benzene ring substituents is 1. The molecule has 2 heterocycles. The molecule has 0 bridgehead atoms. The second kappa shape index (κ2) is 4.55. The third-order valence-corrected chi connectivity index (χ3v) is 3.35. The number of hydrogen-bond acceptors (Lipinski definition) is 3. The average Bonchev–Trinajstić information content (AvgIpc) is 2.93. The minimum absolute atomic E-state index is 0.0874. The Hall–Kier alpha value is -2.96. The van der Waals surface area contributed by atoms with Crippen LogP contribution in [0.25, 0.3) is 22.0 Å². The summed E-state index contributed by atoms with van der Waals surface area (Å²) in [6.45, 7) is 0.